The molecular weight excluding hydrogens is 198 g/mol. The number of nitrogens with zero attached hydrogens (tertiary/aromatic N) is 1. The largest absolute Gasteiger partial charge is 0.505 e. The van der Waals surface area contributed by atoms with E-state index in [0.29, 0.717) is 16.0 Å². The van der Waals surface area contributed by atoms with Crippen LogP contribution in [-0.4, -0.2) is 12.2 Å². The molecule has 3 nitrogen and oxygen atoms in total. The Balaban J connectivity index is 2.87. The average molecular weight is 205 g/mol. The van der Waals surface area contributed by atoms with Gasteiger partial charge in [-0.25, -0.2) is 0 Å². The molecule has 4 heteroatoms. The minimum Gasteiger partial charge on any atom is -0.505 e. The number of rotatable bonds is 1. The lowest BCUT2D eigenvalue weighted by Gasteiger charge is -2.00. The van der Waals surface area contributed by atoms with E-state index in [4.69, 9.17) is 10.00 Å². The van der Waals surface area contributed by atoms with Gasteiger partial charge in [0.25, 0.3) is 0 Å². The Morgan fingerprint density at radius 3 is 2.93 bits per heavy atom. The monoisotopic (exact) mass is 205 g/mol. The molecule has 70 valence electrons. The summed E-state index contributed by atoms with van der Waals surface area (Å²) in [4.78, 5) is 0.324. The summed E-state index contributed by atoms with van der Waals surface area (Å²) in [6, 6.07) is 7.39. The molecule has 0 radical (unpaired) electrons. The molecule has 0 bridgehead atoms. The average Bonchev–Trinajstić information content (AvgIpc) is 2.55. The van der Waals surface area contributed by atoms with E-state index in [9.17, 15) is 5.11 Å². The summed E-state index contributed by atoms with van der Waals surface area (Å²) in [6.45, 7) is 0. The van der Waals surface area contributed by atoms with Crippen molar-refractivity contribution in [3.8, 4) is 17.6 Å². The lowest BCUT2D eigenvalue weighted by molar-refractivity contribution is 0.416. The van der Waals surface area contributed by atoms with Crippen LogP contribution in [0.2, 0.25) is 0 Å². The van der Waals surface area contributed by atoms with Crippen LogP contribution in [0.4, 0.5) is 0 Å². The van der Waals surface area contributed by atoms with Gasteiger partial charge in [0, 0.05) is 4.70 Å². The molecule has 0 saturated heterocycles. The number of hydrogen-bond donors (Lipinski definition) is 1. The minimum atomic E-state index is 0.0185. The molecule has 1 heterocycles. The Morgan fingerprint density at radius 1 is 1.50 bits per heavy atom. The van der Waals surface area contributed by atoms with Crippen molar-refractivity contribution in [2.45, 2.75) is 0 Å². The molecule has 0 unspecified atom stereocenters. The Bertz CT molecular complexity index is 525. The third kappa shape index (κ3) is 1.10. The van der Waals surface area contributed by atoms with Crippen molar-refractivity contribution in [1.82, 2.24) is 0 Å². The van der Waals surface area contributed by atoms with E-state index in [1.807, 2.05) is 18.2 Å². The number of hydrogen-bond acceptors (Lipinski definition) is 4. The van der Waals surface area contributed by atoms with Crippen molar-refractivity contribution in [3.05, 3.63) is 23.1 Å². The number of nitriles is 1. The molecule has 1 aromatic carbocycles. The van der Waals surface area contributed by atoms with Crippen LogP contribution in [0.3, 0.4) is 0 Å². The zero-order valence-corrected chi connectivity index (χ0v) is 8.26. The van der Waals surface area contributed by atoms with Gasteiger partial charge in [0.2, 0.25) is 0 Å². The van der Waals surface area contributed by atoms with Crippen molar-refractivity contribution < 1.29 is 9.84 Å². The fraction of sp³-hybridized carbons (Fsp3) is 0.100. The molecular formula is C10H7NO2S. The first-order valence-electron chi connectivity index (χ1n) is 3.96. The maximum Gasteiger partial charge on any atom is 0.155 e. The molecule has 0 fully saturated rings. The van der Waals surface area contributed by atoms with Gasteiger partial charge in [-0.2, -0.15) is 5.26 Å². The Hall–Kier alpha value is -1.73. The van der Waals surface area contributed by atoms with E-state index in [1.165, 1.54) is 18.4 Å². The molecule has 0 spiro atoms. The quantitative estimate of drug-likeness (QED) is 0.778. The zero-order valence-electron chi connectivity index (χ0n) is 7.44. The highest BCUT2D eigenvalue weighted by molar-refractivity contribution is 7.20. The molecule has 0 amide bonds. The van der Waals surface area contributed by atoms with Crippen molar-refractivity contribution in [2.24, 2.45) is 0 Å². The summed E-state index contributed by atoms with van der Waals surface area (Å²) >= 11 is 1.26. The number of methoxy groups -OCH3 is 1. The third-order valence-corrected chi connectivity index (χ3v) is 3.02. The van der Waals surface area contributed by atoms with Crippen molar-refractivity contribution in [2.75, 3.05) is 7.11 Å². The summed E-state index contributed by atoms with van der Waals surface area (Å²) in [5.74, 6) is 0.614. The Kier molecular flexibility index (Phi) is 2.02. The number of fused-ring (bicyclic) bond motifs is 1. The highest BCUT2D eigenvalue weighted by atomic mass is 32.1. The second-order valence-electron chi connectivity index (χ2n) is 2.73. The molecule has 0 atom stereocenters. The van der Waals surface area contributed by atoms with Gasteiger partial charge in [-0.3, -0.25) is 0 Å². The smallest absolute Gasteiger partial charge is 0.155 e. The highest BCUT2D eigenvalue weighted by Gasteiger charge is 2.14. The normalized spacial score (nSPS) is 10.0. The second-order valence-corrected chi connectivity index (χ2v) is 3.78. The summed E-state index contributed by atoms with van der Waals surface area (Å²) in [5, 5.41) is 19.1. The van der Waals surface area contributed by atoms with E-state index >= 15 is 0 Å². The first kappa shape index (κ1) is 8.85. The van der Waals surface area contributed by atoms with Crippen LogP contribution in [0.5, 0.6) is 11.5 Å². The molecule has 0 saturated carbocycles. The van der Waals surface area contributed by atoms with Crippen LogP contribution >= 0.6 is 11.3 Å². The SMILES string of the molecule is COc1cccc2sc(C#N)c(O)c12. The maximum absolute atomic E-state index is 9.71. The van der Waals surface area contributed by atoms with Crippen molar-refractivity contribution in [3.63, 3.8) is 0 Å². The first-order valence-corrected chi connectivity index (χ1v) is 4.78. The van der Waals surface area contributed by atoms with Gasteiger partial charge >= 0.3 is 0 Å². The summed E-state index contributed by atoms with van der Waals surface area (Å²) in [5.41, 5.74) is 0. The molecule has 14 heavy (non-hydrogen) atoms. The van der Waals surface area contributed by atoms with Crippen LogP contribution in [0.15, 0.2) is 18.2 Å². The van der Waals surface area contributed by atoms with Gasteiger partial charge in [0.1, 0.15) is 16.7 Å². The van der Waals surface area contributed by atoms with Gasteiger partial charge in [0.05, 0.1) is 12.5 Å². The molecule has 0 aliphatic rings. The summed E-state index contributed by atoms with van der Waals surface area (Å²) in [6.07, 6.45) is 0. The predicted molar refractivity (Wildman–Crippen MR) is 54.8 cm³/mol. The van der Waals surface area contributed by atoms with Crippen molar-refractivity contribution in [1.29, 1.82) is 5.26 Å². The van der Waals surface area contributed by atoms with E-state index in [2.05, 4.69) is 0 Å². The van der Waals surface area contributed by atoms with Crippen molar-refractivity contribution >= 4 is 21.4 Å². The van der Waals surface area contributed by atoms with E-state index < -0.39 is 0 Å². The summed E-state index contributed by atoms with van der Waals surface area (Å²) in [7, 11) is 1.54. The van der Waals surface area contributed by atoms with Crippen LogP contribution in [-0.2, 0) is 0 Å². The van der Waals surface area contributed by atoms with Crippen LogP contribution in [0.25, 0.3) is 10.1 Å². The lowest BCUT2D eigenvalue weighted by atomic mass is 10.2. The first-order chi connectivity index (χ1) is 6.77. The van der Waals surface area contributed by atoms with Crippen LogP contribution < -0.4 is 4.74 Å². The fourth-order valence-corrected chi connectivity index (χ4v) is 2.26. The van der Waals surface area contributed by atoms with Gasteiger partial charge < -0.3 is 9.84 Å². The number of benzene rings is 1. The second kappa shape index (κ2) is 3.20. The van der Waals surface area contributed by atoms with E-state index in [1.54, 1.807) is 6.07 Å². The molecule has 2 rings (SSSR count). The van der Waals surface area contributed by atoms with E-state index in [0.717, 1.165) is 4.70 Å². The number of thiophene rings is 1. The minimum absolute atomic E-state index is 0.0185. The number of ether oxygens (including phenoxy) is 1. The standard InChI is InChI=1S/C10H7NO2S/c1-13-6-3-2-4-7-9(6)10(12)8(5-11)14-7/h2-4,12H,1H3. The zero-order chi connectivity index (χ0) is 10.1. The van der Waals surface area contributed by atoms with Gasteiger partial charge in [0.15, 0.2) is 5.75 Å². The van der Waals surface area contributed by atoms with Gasteiger partial charge in [-0.15, -0.1) is 11.3 Å². The fourth-order valence-electron chi connectivity index (χ4n) is 1.35. The predicted octanol–water partition coefficient (Wildman–Crippen LogP) is 2.49. The molecule has 0 aliphatic carbocycles. The van der Waals surface area contributed by atoms with Gasteiger partial charge in [-0.1, -0.05) is 6.07 Å². The number of aromatic hydroxyl groups is 1. The molecule has 1 N–H and O–H groups in total. The lowest BCUT2D eigenvalue weighted by Crippen LogP contribution is -1.81. The molecule has 0 aliphatic heterocycles. The molecule has 1 aromatic heterocycles. The summed E-state index contributed by atoms with van der Waals surface area (Å²) < 4.78 is 5.96. The van der Waals surface area contributed by atoms with E-state index in [-0.39, 0.29) is 5.75 Å². The Morgan fingerprint density at radius 2 is 2.29 bits per heavy atom. The Labute approximate surface area is 84.8 Å². The molecule has 2 aromatic rings. The van der Waals surface area contributed by atoms with Crippen LogP contribution in [0, 0.1) is 11.3 Å². The highest BCUT2D eigenvalue weighted by Crippen LogP contribution is 2.41. The van der Waals surface area contributed by atoms with Crippen LogP contribution in [0.1, 0.15) is 4.88 Å². The topological polar surface area (TPSA) is 53.2 Å². The van der Waals surface area contributed by atoms with Gasteiger partial charge in [-0.05, 0) is 12.1 Å². The third-order valence-electron chi connectivity index (χ3n) is 1.97. The maximum atomic E-state index is 9.71.